The average molecular weight is 320 g/mol. The van der Waals surface area contributed by atoms with E-state index in [1.54, 1.807) is 24.5 Å². The Hall–Kier alpha value is -1.65. The second kappa shape index (κ2) is 4.79. The summed E-state index contributed by atoms with van der Waals surface area (Å²) in [5, 5.41) is 0.911. The molecule has 1 heterocycles. The van der Waals surface area contributed by atoms with Crippen LogP contribution in [0, 0.1) is 5.82 Å². The highest BCUT2D eigenvalue weighted by molar-refractivity contribution is 9.10. The highest BCUT2D eigenvalue weighted by Gasteiger charge is 2.19. The number of halogens is 2. The SMILES string of the molecule is NC(c1cccc(Br)c1F)c1coc2ccccc12. The number of benzene rings is 2. The van der Waals surface area contributed by atoms with Gasteiger partial charge in [0.05, 0.1) is 16.8 Å². The third-order valence-corrected chi connectivity index (χ3v) is 3.77. The summed E-state index contributed by atoms with van der Waals surface area (Å²) in [5.41, 5.74) is 8.16. The molecule has 2 nitrogen and oxygen atoms in total. The third kappa shape index (κ3) is 2.07. The number of fused-ring (bicyclic) bond motifs is 1. The molecule has 0 bridgehead atoms. The molecule has 3 aromatic rings. The normalized spacial score (nSPS) is 12.8. The predicted molar refractivity (Wildman–Crippen MR) is 76.3 cm³/mol. The topological polar surface area (TPSA) is 39.2 Å². The standard InChI is InChI=1S/C15H11BrFNO/c16-12-6-3-5-10(14(12)17)15(18)11-8-19-13-7-2-1-4-9(11)13/h1-8,15H,18H2. The third-order valence-electron chi connectivity index (χ3n) is 3.16. The Labute approximate surface area is 118 Å². The zero-order valence-corrected chi connectivity index (χ0v) is 11.5. The summed E-state index contributed by atoms with van der Waals surface area (Å²) in [7, 11) is 0. The van der Waals surface area contributed by atoms with E-state index in [0.717, 1.165) is 16.5 Å². The smallest absolute Gasteiger partial charge is 0.142 e. The van der Waals surface area contributed by atoms with Crippen molar-refractivity contribution < 1.29 is 8.81 Å². The van der Waals surface area contributed by atoms with E-state index in [2.05, 4.69) is 15.9 Å². The second-order valence-corrected chi connectivity index (χ2v) is 5.16. The van der Waals surface area contributed by atoms with Gasteiger partial charge in [0.15, 0.2) is 0 Å². The van der Waals surface area contributed by atoms with E-state index in [-0.39, 0.29) is 5.82 Å². The van der Waals surface area contributed by atoms with Gasteiger partial charge >= 0.3 is 0 Å². The molecule has 0 radical (unpaired) electrons. The lowest BCUT2D eigenvalue weighted by Gasteiger charge is -2.12. The fraction of sp³-hybridized carbons (Fsp3) is 0.0667. The van der Waals surface area contributed by atoms with Crippen molar-refractivity contribution >= 4 is 26.9 Å². The molecule has 0 saturated heterocycles. The summed E-state index contributed by atoms with van der Waals surface area (Å²) >= 11 is 3.17. The number of furan rings is 1. The average Bonchev–Trinajstić information content (AvgIpc) is 2.85. The van der Waals surface area contributed by atoms with Crippen molar-refractivity contribution in [2.24, 2.45) is 5.73 Å². The van der Waals surface area contributed by atoms with Gasteiger partial charge in [-0.05, 0) is 28.1 Å². The van der Waals surface area contributed by atoms with Crippen LogP contribution in [0.1, 0.15) is 17.2 Å². The maximum Gasteiger partial charge on any atom is 0.142 e. The fourth-order valence-corrected chi connectivity index (χ4v) is 2.55. The fourth-order valence-electron chi connectivity index (χ4n) is 2.17. The number of rotatable bonds is 2. The summed E-state index contributed by atoms with van der Waals surface area (Å²) in [5.74, 6) is -0.333. The molecule has 0 fully saturated rings. The summed E-state index contributed by atoms with van der Waals surface area (Å²) in [4.78, 5) is 0. The number of nitrogens with two attached hydrogens (primary N) is 1. The zero-order valence-electron chi connectivity index (χ0n) is 9.94. The van der Waals surface area contributed by atoms with Crippen molar-refractivity contribution in [1.82, 2.24) is 0 Å². The van der Waals surface area contributed by atoms with Crippen LogP contribution in [-0.4, -0.2) is 0 Å². The van der Waals surface area contributed by atoms with Gasteiger partial charge in [0, 0.05) is 16.5 Å². The van der Waals surface area contributed by atoms with Gasteiger partial charge in [0.25, 0.3) is 0 Å². The van der Waals surface area contributed by atoms with Crippen LogP contribution in [0.5, 0.6) is 0 Å². The molecule has 1 atom stereocenters. The molecule has 0 aliphatic carbocycles. The molecule has 0 amide bonds. The van der Waals surface area contributed by atoms with Gasteiger partial charge in [0.2, 0.25) is 0 Å². The first kappa shape index (κ1) is 12.4. The van der Waals surface area contributed by atoms with E-state index in [1.165, 1.54) is 0 Å². The summed E-state index contributed by atoms with van der Waals surface area (Å²) < 4.78 is 19.9. The molecular formula is C15H11BrFNO. The number of para-hydroxylation sites is 1. The van der Waals surface area contributed by atoms with Gasteiger partial charge < -0.3 is 10.2 Å². The molecule has 19 heavy (non-hydrogen) atoms. The first-order valence-electron chi connectivity index (χ1n) is 5.84. The minimum absolute atomic E-state index is 0.333. The molecular weight excluding hydrogens is 309 g/mol. The van der Waals surface area contributed by atoms with Crippen LogP contribution in [0.15, 0.2) is 57.6 Å². The molecule has 2 aromatic carbocycles. The molecule has 3 rings (SSSR count). The Morgan fingerprint density at radius 1 is 1.05 bits per heavy atom. The van der Waals surface area contributed by atoms with Gasteiger partial charge in [0.1, 0.15) is 11.4 Å². The van der Waals surface area contributed by atoms with Crippen molar-refractivity contribution in [3.05, 3.63) is 70.1 Å². The van der Waals surface area contributed by atoms with E-state index in [0.29, 0.717) is 10.0 Å². The highest BCUT2D eigenvalue weighted by atomic mass is 79.9. The summed E-state index contributed by atoms with van der Waals surface area (Å²) in [6.45, 7) is 0. The van der Waals surface area contributed by atoms with Gasteiger partial charge in [-0.25, -0.2) is 4.39 Å². The van der Waals surface area contributed by atoms with Crippen molar-refractivity contribution in [1.29, 1.82) is 0 Å². The molecule has 96 valence electrons. The molecule has 0 saturated carbocycles. The van der Waals surface area contributed by atoms with Gasteiger partial charge in [-0.3, -0.25) is 0 Å². The Kier molecular flexibility index (Phi) is 3.12. The van der Waals surface area contributed by atoms with Crippen LogP contribution in [0.2, 0.25) is 0 Å². The first-order chi connectivity index (χ1) is 9.18. The molecule has 1 aromatic heterocycles. The van der Waals surface area contributed by atoms with Crippen LogP contribution in [0.3, 0.4) is 0 Å². The van der Waals surface area contributed by atoms with Crippen molar-refractivity contribution in [2.75, 3.05) is 0 Å². The van der Waals surface area contributed by atoms with E-state index >= 15 is 0 Å². The minimum Gasteiger partial charge on any atom is -0.464 e. The van der Waals surface area contributed by atoms with Crippen LogP contribution in [0.4, 0.5) is 4.39 Å². The summed E-state index contributed by atoms with van der Waals surface area (Å²) in [6, 6.07) is 12.1. The lowest BCUT2D eigenvalue weighted by atomic mass is 9.99. The Bertz CT molecular complexity index is 738. The van der Waals surface area contributed by atoms with Crippen LogP contribution >= 0.6 is 15.9 Å². The van der Waals surface area contributed by atoms with Gasteiger partial charge in [-0.15, -0.1) is 0 Å². The highest BCUT2D eigenvalue weighted by Crippen LogP contribution is 2.31. The van der Waals surface area contributed by atoms with Crippen LogP contribution < -0.4 is 5.73 Å². The zero-order chi connectivity index (χ0) is 13.4. The van der Waals surface area contributed by atoms with E-state index in [1.807, 2.05) is 24.3 Å². The Morgan fingerprint density at radius 2 is 1.84 bits per heavy atom. The molecule has 0 spiro atoms. The van der Waals surface area contributed by atoms with E-state index in [4.69, 9.17) is 10.2 Å². The van der Waals surface area contributed by atoms with Crippen LogP contribution in [-0.2, 0) is 0 Å². The maximum atomic E-state index is 14.1. The number of hydrogen-bond donors (Lipinski definition) is 1. The molecule has 4 heteroatoms. The monoisotopic (exact) mass is 319 g/mol. The molecule has 0 aliphatic heterocycles. The van der Waals surface area contributed by atoms with E-state index in [9.17, 15) is 4.39 Å². The molecule has 1 unspecified atom stereocenters. The first-order valence-corrected chi connectivity index (χ1v) is 6.63. The van der Waals surface area contributed by atoms with Crippen LogP contribution in [0.25, 0.3) is 11.0 Å². The van der Waals surface area contributed by atoms with Gasteiger partial charge in [-0.2, -0.15) is 0 Å². The molecule has 2 N–H and O–H groups in total. The van der Waals surface area contributed by atoms with Gasteiger partial charge in [-0.1, -0.05) is 30.3 Å². The molecule has 0 aliphatic rings. The predicted octanol–water partition coefficient (Wildman–Crippen LogP) is 4.38. The Morgan fingerprint density at radius 3 is 2.68 bits per heavy atom. The second-order valence-electron chi connectivity index (χ2n) is 4.31. The maximum absolute atomic E-state index is 14.1. The minimum atomic E-state index is -0.554. The lowest BCUT2D eigenvalue weighted by molar-refractivity contribution is 0.585. The number of hydrogen-bond acceptors (Lipinski definition) is 2. The van der Waals surface area contributed by atoms with E-state index < -0.39 is 6.04 Å². The van der Waals surface area contributed by atoms with Crippen molar-refractivity contribution in [3.63, 3.8) is 0 Å². The van der Waals surface area contributed by atoms with Crippen molar-refractivity contribution in [2.45, 2.75) is 6.04 Å². The van der Waals surface area contributed by atoms with Crippen molar-refractivity contribution in [3.8, 4) is 0 Å². The largest absolute Gasteiger partial charge is 0.464 e. The Balaban J connectivity index is 2.13. The lowest BCUT2D eigenvalue weighted by Crippen LogP contribution is -2.13. The summed E-state index contributed by atoms with van der Waals surface area (Å²) in [6.07, 6.45) is 1.59. The quantitative estimate of drug-likeness (QED) is 0.761.